The van der Waals surface area contributed by atoms with E-state index in [1.807, 2.05) is 13.8 Å². The molecular weight excluding hydrogens is 746 g/mol. The number of fused-ring (bicyclic) bond motifs is 2. The standard InChI is InChI=1S/C43H43N5O10/c1-42(2,41(55)58-48-37(52)18-19-38(48)53)22-23-56-43(3,4)21-20-36(51)44-26-10-12-27(13-11-26)45-46-47(5)40(54)31-9-7-6-8-30(31)39-32-16-14-28(49)24-34(32)57-35-25-29(50)15-17-33(35)39/h6-17,24-25,49H,18-23H2,1-5H3,(H,44,51). The first-order valence-electron chi connectivity index (χ1n) is 18.6. The van der Waals surface area contributed by atoms with Gasteiger partial charge in [-0.2, -0.15) is 0 Å². The van der Waals surface area contributed by atoms with Gasteiger partial charge in [-0.15, -0.1) is 10.2 Å². The highest BCUT2D eigenvalue weighted by molar-refractivity contribution is 6.09. The van der Waals surface area contributed by atoms with Gasteiger partial charge in [0, 0.05) is 72.8 Å². The molecule has 300 valence electrons. The van der Waals surface area contributed by atoms with E-state index in [1.165, 1.54) is 31.3 Å². The molecule has 2 heterocycles. The lowest BCUT2D eigenvalue weighted by molar-refractivity contribution is -0.205. The Labute approximate surface area is 333 Å². The Kier molecular flexibility index (Phi) is 11.8. The van der Waals surface area contributed by atoms with E-state index in [0.29, 0.717) is 61.8 Å². The van der Waals surface area contributed by atoms with Crippen LogP contribution in [0.15, 0.2) is 104 Å². The van der Waals surface area contributed by atoms with E-state index in [0.717, 1.165) is 5.01 Å². The maximum Gasteiger partial charge on any atom is 0.338 e. The van der Waals surface area contributed by atoms with Crippen molar-refractivity contribution in [3.05, 3.63) is 101 Å². The molecule has 2 N–H and O–H groups in total. The number of phenolic OH excluding ortho intramolecular Hbond substituents is 1. The van der Waals surface area contributed by atoms with Crippen molar-refractivity contribution in [3.8, 4) is 28.2 Å². The van der Waals surface area contributed by atoms with Crippen LogP contribution in [0, 0.1) is 5.41 Å². The van der Waals surface area contributed by atoms with Gasteiger partial charge in [0.1, 0.15) is 17.1 Å². The number of rotatable bonds is 14. The summed E-state index contributed by atoms with van der Waals surface area (Å²) in [7, 11) is 1.48. The molecule has 3 aliphatic rings. The number of benzene rings is 4. The van der Waals surface area contributed by atoms with Crippen molar-refractivity contribution in [2.45, 2.75) is 65.4 Å². The number of hydroxylamine groups is 2. The zero-order valence-corrected chi connectivity index (χ0v) is 32.7. The summed E-state index contributed by atoms with van der Waals surface area (Å²) < 4.78 is 12.0. The molecule has 0 spiro atoms. The number of carbonyl (C=O) groups is 5. The van der Waals surface area contributed by atoms with Crippen LogP contribution >= 0.6 is 0 Å². The highest BCUT2D eigenvalue weighted by atomic mass is 16.7. The van der Waals surface area contributed by atoms with Crippen molar-refractivity contribution in [2.24, 2.45) is 15.8 Å². The largest absolute Gasteiger partial charge is 0.508 e. The summed E-state index contributed by atoms with van der Waals surface area (Å²) in [6.45, 7) is 7.14. The number of nitrogens with one attached hydrogen (secondary N) is 1. The Hall–Kier alpha value is -6.74. The Morgan fingerprint density at radius 2 is 1.59 bits per heavy atom. The first-order chi connectivity index (χ1) is 27.5. The zero-order valence-electron chi connectivity index (χ0n) is 32.7. The second-order valence-electron chi connectivity index (χ2n) is 15.2. The van der Waals surface area contributed by atoms with E-state index < -0.39 is 34.7 Å². The molecule has 4 amide bonds. The number of nitrogens with zero attached hydrogens (tertiary/aromatic N) is 4. The van der Waals surface area contributed by atoms with Crippen LogP contribution in [0.5, 0.6) is 5.75 Å². The zero-order chi connectivity index (χ0) is 41.8. The predicted octanol–water partition coefficient (Wildman–Crippen LogP) is 7.58. The van der Waals surface area contributed by atoms with Gasteiger partial charge in [0.25, 0.3) is 17.7 Å². The topological polar surface area (TPSA) is 197 Å². The number of anilines is 1. The minimum atomic E-state index is -1.03. The lowest BCUT2D eigenvalue weighted by atomic mass is 9.90. The second kappa shape index (κ2) is 16.8. The fraction of sp³-hybridized carbons (Fsp3) is 0.302. The molecule has 0 aromatic heterocycles. The summed E-state index contributed by atoms with van der Waals surface area (Å²) in [5, 5.41) is 23.6. The highest BCUT2D eigenvalue weighted by Gasteiger charge is 2.38. The second-order valence-corrected chi connectivity index (χ2v) is 15.2. The Morgan fingerprint density at radius 1 is 0.879 bits per heavy atom. The van der Waals surface area contributed by atoms with Crippen LogP contribution in [-0.4, -0.2) is 64.0 Å². The number of hydrogen-bond donors (Lipinski definition) is 2. The maximum absolute atomic E-state index is 13.8. The number of hydrogen-bond acceptors (Lipinski definition) is 12. The van der Waals surface area contributed by atoms with E-state index in [-0.39, 0.29) is 49.4 Å². The Balaban J connectivity index is 1.03. The van der Waals surface area contributed by atoms with E-state index in [1.54, 1.807) is 74.5 Å². The molecule has 0 atom stereocenters. The minimum absolute atomic E-state index is 0.0123. The van der Waals surface area contributed by atoms with Gasteiger partial charge in [-0.25, -0.2) is 9.80 Å². The van der Waals surface area contributed by atoms with Gasteiger partial charge in [0.15, 0.2) is 5.43 Å². The number of ether oxygens (including phenoxy) is 1. The van der Waals surface area contributed by atoms with Gasteiger partial charge < -0.3 is 24.4 Å². The number of phenols is 1. The molecule has 15 nitrogen and oxygen atoms in total. The molecule has 6 rings (SSSR count). The van der Waals surface area contributed by atoms with Crippen molar-refractivity contribution >= 4 is 51.9 Å². The first kappa shape index (κ1) is 40.9. The molecule has 1 aliphatic carbocycles. The van der Waals surface area contributed by atoms with E-state index in [9.17, 15) is 33.9 Å². The molecule has 15 heteroatoms. The van der Waals surface area contributed by atoms with Crippen LogP contribution in [0.4, 0.5) is 11.4 Å². The van der Waals surface area contributed by atoms with Gasteiger partial charge >= 0.3 is 5.97 Å². The molecule has 0 saturated carbocycles. The smallest absolute Gasteiger partial charge is 0.338 e. The minimum Gasteiger partial charge on any atom is -0.508 e. The van der Waals surface area contributed by atoms with Crippen molar-refractivity contribution < 1.29 is 43.1 Å². The molecule has 3 aromatic rings. The highest BCUT2D eigenvalue weighted by Crippen LogP contribution is 2.42. The van der Waals surface area contributed by atoms with Gasteiger partial charge in [-0.3, -0.25) is 24.0 Å². The number of amides is 4. The van der Waals surface area contributed by atoms with E-state index in [2.05, 4.69) is 15.7 Å². The summed E-state index contributed by atoms with van der Waals surface area (Å²) >= 11 is 0. The van der Waals surface area contributed by atoms with Gasteiger partial charge in [-0.1, -0.05) is 23.4 Å². The molecule has 0 unspecified atom stereocenters. The van der Waals surface area contributed by atoms with Crippen LogP contribution < -0.4 is 10.7 Å². The van der Waals surface area contributed by atoms with Crippen LogP contribution in [0.2, 0.25) is 0 Å². The lowest BCUT2D eigenvalue weighted by Gasteiger charge is -2.29. The van der Waals surface area contributed by atoms with Crippen molar-refractivity contribution in [1.29, 1.82) is 0 Å². The van der Waals surface area contributed by atoms with Crippen molar-refractivity contribution in [1.82, 2.24) is 10.1 Å². The molecule has 1 fully saturated rings. The monoisotopic (exact) mass is 789 g/mol. The van der Waals surface area contributed by atoms with E-state index >= 15 is 0 Å². The van der Waals surface area contributed by atoms with Crippen molar-refractivity contribution in [2.75, 3.05) is 19.0 Å². The lowest BCUT2D eigenvalue weighted by Crippen LogP contribution is -2.38. The summed E-state index contributed by atoms with van der Waals surface area (Å²) in [6, 6.07) is 22.7. The van der Waals surface area contributed by atoms with Crippen LogP contribution in [0.1, 0.15) is 70.2 Å². The fourth-order valence-corrected chi connectivity index (χ4v) is 6.24. The Bertz CT molecular complexity index is 2440. The third kappa shape index (κ3) is 9.44. The average molecular weight is 790 g/mol. The molecule has 0 radical (unpaired) electrons. The number of imide groups is 1. The summed E-state index contributed by atoms with van der Waals surface area (Å²) in [6.07, 6.45) is 0.822. The quantitative estimate of drug-likeness (QED) is 0.0490. The predicted molar refractivity (Wildman–Crippen MR) is 213 cm³/mol. The molecule has 0 bridgehead atoms. The first-order valence-corrected chi connectivity index (χ1v) is 18.6. The van der Waals surface area contributed by atoms with Gasteiger partial charge in [0.05, 0.1) is 16.7 Å². The third-order valence-corrected chi connectivity index (χ3v) is 9.75. The SMILES string of the molecule is CN(N=Nc1ccc(NC(=O)CCC(C)(C)OCCC(C)(C)C(=O)ON2C(=O)CCC2=O)cc1)C(=O)c1ccccc1-c1c2ccc(=O)cc-2oc2cc(O)ccc12. The van der Waals surface area contributed by atoms with Crippen LogP contribution in [-0.2, 0) is 28.8 Å². The maximum atomic E-state index is 13.8. The summed E-state index contributed by atoms with van der Waals surface area (Å²) in [5.41, 5.74) is 1.48. The molecule has 58 heavy (non-hydrogen) atoms. The molecular formula is C43H43N5O10. The van der Waals surface area contributed by atoms with Crippen LogP contribution in [0.3, 0.4) is 0 Å². The van der Waals surface area contributed by atoms with Crippen LogP contribution in [0.25, 0.3) is 33.4 Å². The molecule has 2 aliphatic heterocycles. The fourth-order valence-electron chi connectivity index (χ4n) is 6.24. The summed E-state index contributed by atoms with van der Waals surface area (Å²) in [4.78, 5) is 80.1. The third-order valence-electron chi connectivity index (χ3n) is 9.75. The number of aromatic hydroxyl groups is 1. The van der Waals surface area contributed by atoms with Gasteiger partial charge in [-0.05, 0) is 101 Å². The van der Waals surface area contributed by atoms with Gasteiger partial charge in [0.2, 0.25) is 5.91 Å². The Morgan fingerprint density at radius 3 is 2.31 bits per heavy atom. The average Bonchev–Trinajstić information content (AvgIpc) is 3.50. The number of carbonyl (C=O) groups excluding carboxylic acids is 5. The van der Waals surface area contributed by atoms with Crippen molar-refractivity contribution in [3.63, 3.8) is 0 Å². The normalized spacial score (nSPS) is 13.4. The van der Waals surface area contributed by atoms with E-state index in [4.69, 9.17) is 14.0 Å². The summed E-state index contributed by atoms with van der Waals surface area (Å²) in [5.74, 6) is -2.19. The molecule has 3 aromatic carbocycles. The molecule has 1 saturated heterocycles.